The van der Waals surface area contributed by atoms with Gasteiger partial charge >= 0.3 is 6.03 Å². The third-order valence-corrected chi connectivity index (χ3v) is 4.97. The summed E-state index contributed by atoms with van der Waals surface area (Å²) < 4.78 is 0. The van der Waals surface area contributed by atoms with Gasteiger partial charge in [0.1, 0.15) is 0 Å². The molecule has 0 spiro atoms. The Labute approximate surface area is 130 Å². The van der Waals surface area contributed by atoms with Crippen LogP contribution in [-0.4, -0.2) is 23.1 Å². The summed E-state index contributed by atoms with van der Waals surface area (Å²) in [7, 11) is 0. The van der Waals surface area contributed by atoms with E-state index in [1.54, 1.807) is 0 Å². The number of carbonyl (C=O) groups is 1. The molecule has 4 nitrogen and oxygen atoms in total. The van der Waals surface area contributed by atoms with Crippen molar-refractivity contribution < 1.29 is 4.79 Å². The number of nitriles is 1. The molecule has 0 aromatic heterocycles. The van der Waals surface area contributed by atoms with Crippen LogP contribution in [0.15, 0.2) is 24.3 Å². The average molecular weight is 303 g/mol. The van der Waals surface area contributed by atoms with Crippen molar-refractivity contribution in [2.45, 2.75) is 43.9 Å². The van der Waals surface area contributed by atoms with Gasteiger partial charge in [-0.3, -0.25) is 0 Å². The van der Waals surface area contributed by atoms with Gasteiger partial charge in [0.05, 0.1) is 12.5 Å². The van der Waals surface area contributed by atoms with E-state index in [9.17, 15) is 4.79 Å². The van der Waals surface area contributed by atoms with E-state index in [1.165, 1.54) is 12.8 Å². The van der Waals surface area contributed by atoms with Gasteiger partial charge in [0.15, 0.2) is 0 Å². The number of amides is 2. The summed E-state index contributed by atoms with van der Waals surface area (Å²) in [6.07, 6.45) is 3.83. The van der Waals surface area contributed by atoms with Crippen LogP contribution < -0.4 is 10.6 Å². The molecule has 0 saturated heterocycles. The first-order valence-corrected chi connectivity index (χ1v) is 8.42. The van der Waals surface area contributed by atoms with Crippen LogP contribution in [0.3, 0.4) is 0 Å². The molecule has 2 rings (SSSR count). The summed E-state index contributed by atoms with van der Waals surface area (Å²) in [6, 6.07) is 9.63. The molecule has 2 atom stereocenters. The van der Waals surface area contributed by atoms with Gasteiger partial charge in [-0.1, -0.05) is 25.5 Å². The maximum Gasteiger partial charge on any atom is 0.319 e. The highest BCUT2D eigenvalue weighted by atomic mass is 32.2. The topological polar surface area (TPSA) is 64.9 Å². The van der Waals surface area contributed by atoms with E-state index in [2.05, 4.69) is 23.6 Å². The van der Waals surface area contributed by atoms with Crippen LogP contribution in [0.2, 0.25) is 0 Å². The lowest BCUT2D eigenvalue weighted by atomic mass is 10.1. The van der Waals surface area contributed by atoms with E-state index in [1.807, 2.05) is 36.0 Å². The maximum atomic E-state index is 12.0. The van der Waals surface area contributed by atoms with E-state index >= 15 is 0 Å². The van der Waals surface area contributed by atoms with Crippen LogP contribution in [0, 0.1) is 11.3 Å². The standard InChI is InChI=1S/C16H21N3OS/c1-2-21-15-5-3-4-14(15)19-16(20)18-13-8-6-12(7-9-13)10-11-17/h6-9,14-15H,2-5,10H2,1H3,(H2,18,19,20)/t14-,15+/m0/s1. The molecule has 112 valence electrons. The molecule has 1 aromatic carbocycles. The van der Waals surface area contributed by atoms with E-state index in [-0.39, 0.29) is 12.1 Å². The molecule has 21 heavy (non-hydrogen) atoms. The Bertz CT molecular complexity index is 509. The Hall–Kier alpha value is -1.67. The highest BCUT2D eigenvalue weighted by molar-refractivity contribution is 7.99. The molecule has 0 heterocycles. The van der Waals surface area contributed by atoms with Crippen molar-refractivity contribution in [2.24, 2.45) is 0 Å². The molecular formula is C16H21N3OS. The zero-order valence-corrected chi connectivity index (χ0v) is 13.1. The number of urea groups is 1. The summed E-state index contributed by atoms with van der Waals surface area (Å²) >= 11 is 1.93. The van der Waals surface area contributed by atoms with Crippen LogP contribution in [0.1, 0.15) is 31.7 Å². The summed E-state index contributed by atoms with van der Waals surface area (Å²) in [5, 5.41) is 15.1. The smallest absolute Gasteiger partial charge is 0.319 e. The van der Waals surface area contributed by atoms with Crippen molar-refractivity contribution in [1.29, 1.82) is 5.26 Å². The zero-order chi connectivity index (χ0) is 15.1. The van der Waals surface area contributed by atoms with Crippen molar-refractivity contribution in [2.75, 3.05) is 11.1 Å². The molecule has 2 amide bonds. The minimum atomic E-state index is -0.142. The zero-order valence-electron chi connectivity index (χ0n) is 12.3. The molecule has 0 aliphatic heterocycles. The molecule has 1 saturated carbocycles. The number of carbonyl (C=O) groups excluding carboxylic acids is 1. The second-order valence-electron chi connectivity index (χ2n) is 5.16. The lowest BCUT2D eigenvalue weighted by Gasteiger charge is -2.20. The number of hydrogen-bond acceptors (Lipinski definition) is 3. The summed E-state index contributed by atoms with van der Waals surface area (Å²) in [5.41, 5.74) is 1.71. The number of nitrogens with one attached hydrogen (secondary N) is 2. The molecule has 1 fully saturated rings. The largest absolute Gasteiger partial charge is 0.334 e. The van der Waals surface area contributed by atoms with Crippen LogP contribution in [0.25, 0.3) is 0 Å². The van der Waals surface area contributed by atoms with Crippen LogP contribution in [0.4, 0.5) is 10.5 Å². The molecule has 1 aromatic rings. The third-order valence-electron chi connectivity index (χ3n) is 3.64. The van der Waals surface area contributed by atoms with Crippen molar-refractivity contribution in [3.05, 3.63) is 29.8 Å². The van der Waals surface area contributed by atoms with Crippen LogP contribution >= 0.6 is 11.8 Å². The van der Waals surface area contributed by atoms with Gasteiger partial charge in [-0.25, -0.2) is 4.79 Å². The van der Waals surface area contributed by atoms with E-state index < -0.39 is 0 Å². The maximum absolute atomic E-state index is 12.0. The van der Waals surface area contributed by atoms with Crippen molar-refractivity contribution >= 4 is 23.5 Å². The van der Waals surface area contributed by atoms with Crippen molar-refractivity contribution in [3.8, 4) is 6.07 Å². The molecule has 2 N–H and O–H groups in total. The Morgan fingerprint density at radius 1 is 1.38 bits per heavy atom. The molecule has 0 radical (unpaired) electrons. The highest BCUT2D eigenvalue weighted by Crippen LogP contribution is 2.29. The fraction of sp³-hybridized carbons (Fsp3) is 0.500. The fourth-order valence-electron chi connectivity index (χ4n) is 2.64. The Kier molecular flexibility index (Phi) is 5.94. The fourth-order valence-corrected chi connectivity index (χ4v) is 3.84. The van der Waals surface area contributed by atoms with Gasteiger partial charge in [-0.2, -0.15) is 17.0 Å². The van der Waals surface area contributed by atoms with E-state index in [0.29, 0.717) is 11.7 Å². The number of benzene rings is 1. The Morgan fingerprint density at radius 2 is 2.14 bits per heavy atom. The van der Waals surface area contributed by atoms with Gasteiger partial charge in [0.25, 0.3) is 0 Å². The average Bonchev–Trinajstić information content (AvgIpc) is 2.89. The summed E-state index contributed by atoms with van der Waals surface area (Å²) in [6.45, 7) is 2.16. The summed E-state index contributed by atoms with van der Waals surface area (Å²) in [4.78, 5) is 12.0. The summed E-state index contributed by atoms with van der Waals surface area (Å²) in [5.74, 6) is 1.09. The molecule has 1 aliphatic carbocycles. The first-order chi connectivity index (χ1) is 10.2. The van der Waals surface area contributed by atoms with Crippen molar-refractivity contribution in [3.63, 3.8) is 0 Å². The number of hydrogen-bond donors (Lipinski definition) is 2. The monoisotopic (exact) mass is 303 g/mol. The van der Waals surface area contributed by atoms with Gasteiger partial charge in [-0.05, 0) is 36.3 Å². The predicted octanol–water partition coefficient (Wildman–Crippen LogP) is 3.55. The number of nitrogens with zero attached hydrogens (tertiary/aromatic N) is 1. The molecule has 0 unspecified atom stereocenters. The van der Waals surface area contributed by atoms with E-state index in [4.69, 9.17) is 5.26 Å². The molecular weight excluding hydrogens is 282 g/mol. The van der Waals surface area contributed by atoms with Crippen LogP contribution in [0.5, 0.6) is 0 Å². The SMILES string of the molecule is CCS[C@@H]1CCC[C@@H]1NC(=O)Nc1ccc(CC#N)cc1. The second kappa shape index (κ2) is 7.94. The van der Waals surface area contributed by atoms with Crippen molar-refractivity contribution in [1.82, 2.24) is 5.32 Å². The van der Waals surface area contributed by atoms with Gasteiger partial charge < -0.3 is 10.6 Å². The molecule has 0 bridgehead atoms. The highest BCUT2D eigenvalue weighted by Gasteiger charge is 2.28. The first-order valence-electron chi connectivity index (χ1n) is 7.38. The number of anilines is 1. The molecule has 1 aliphatic rings. The van der Waals surface area contributed by atoms with Gasteiger partial charge in [0.2, 0.25) is 0 Å². The minimum absolute atomic E-state index is 0.142. The van der Waals surface area contributed by atoms with Gasteiger partial charge in [-0.15, -0.1) is 0 Å². The third kappa shape index (κ3) is 4.68. The lowest BCUT2D eigenvalue weighted by molar-refractivity contribution is 0.249. The number of thioether (sulfide) groups is 1. The Morgan fingerprint density at radius 3 is 2.81 bits per heavy atom. The normalized spacial score (nSPS) is 20.8. The van der Waals surface area contributed by atoms with Crippen LogP contribution in [-0.2, 0) is 6.42 Å². The predicted molar refractivity (Wildman–Crippen MR) is 87.5 cm³/mol. The molecule has 5 heteroatoms. The first kappa shape index (κ1) is 15.7. The second-order valence-corrected chi connectivity index (χ2v) is 6.68. The van der Waals surface area contributed by atoms with Gasteiger partial charge in [0, 0.05) is 17.0 Å². The quantitative estimate of drug-likeness (QED) is 0.874. The lowest BCUT2D eigenvalue weighted by Crippen LogP contribution is -2.41. The minimum Gasteiger partial charge on any atom is -0.334 e. The Balaban J connectivity index is 1.85. The number of rotatable bonds is 5. The van der Waals surface area contributed by atoms with E-state index in [0.717, 1.165) is 23.4 Å².